The predicted molar refractivity (Wildman–Crippen MR) is 305 cm³/mol. The van der Waals surface area contributed by atoms with E-state index in [4.69, 9.17) is 15.0 Å². The number of hydrogen-bond acceptors (Lipinski definition) is 4. The van der Waals surface area contributed by atoms with E-state index in [0.29, 0.717) is 23.0 Å². The third kappa shape index (κ3) is 7.36. The lowest BCUT2D eigenvalue weighted by molar-refractivity contribution is 1.07. The number of nitrogens with zero attached hydrogens (tertiary/aromatic N) is 6. The molecule has 0 amide bonds. The van der Waals surface area contributed by atoms with Crippen LogP contribution in [-0.2, 0) is 0 Å². The Hall–Kier alpha value is -9.70. The number of nitriles is 1. The number of aryl methyl sites for hydroxylation is 4. The highest BCUT2D eigenvalue weighted by atomic mass is 15.0. The fourth-order valence-corrected chi connectivity index (χ4v) is 11.3. The van der Waals surface area contributed by atoms with Crippen molar-refractivity contribution in [2.45, 2.75) is 27.7 Å². The zero-order valence-electron chi connectivity index (χ0n) is 41.5. The number of hydrogen-bond donors (Lipinski definition) is 0. The van der Waals surface area contributed by atoms with Gasteiger partial charge in [-0.05, 0) is 116 Å². The minimum atomic E-state index is 0.492. The zero-order chi connectivity index (χ0) is 50.0. The summed E-state index contributed by atoms with van der Waals surface area (Å²) < 4.78 is 4.71. The van der Waals surface area contributed by atoms with Crippen molar-refractivity contribution in [3.05, 3.63) is 246 Å². The van der Waals surface area contributed by atoms with Crippen molar-refractivity contribution in [3.63, 3.8) is 0 Å². The normalized spacial score (nSPS) is 11.5. The SMILES string of the molecule is Cc1ccc(-c2ccc3c(c2)c2ccccc2n3-c2cccc(C#N)c2-c2c(-c3nc(-c4ccccc4)nc(-c4ccccc4)n3)cccc2-n2c3ccccc3c3cc(-c4ccc(C)cc4C)ccc32)c(C)c1. The van der Waals surface area contributed by atoms with Gasteiger partial charge >= 0.3 is 0 Å². The van der Waals surface area contributed by atoms with E-state index in [0.717, 1.165) is 93.9 Å². The molecule has 0 atom stereocenters. The lowest BCUT2D eigenvalue weighted by Gasteiger charge is -2.22. The van der Waals surface area contributed by atoms with Crippen LogP contribution >= 0.6 is 0 Å². The van der Waals surface area contributed by atoms with Crippen molar-refractivity contribution in [3.8, 4) is 85.0 Å². The number of benzene rings is 10. The topological polar surface area (TPSA) is 72.3 Å². The molecule has 3 heterocycles. The molecule has 3 aromatic heterocycles. The molecule has 0 saturated heterocycles. The Labute approximate surface area is 429 Å². The molecule has 0 N–H and O–H groups in total. The van der Waals surface area contributed by atoms with Crippen molar-refractivity contribution < 1.29 is 0 Å². The maximum absolute atomic E-state index is 11.5. The van der Waals surface area contributed by atoms with Gasteiger partial charge < -0.3 is 9.13 Å². The van der Waals surface area contributed by atoms with Gasteiger partial charge in [-0.15, -0.1) is 0 Å². The molecule has 6 heteroatoms. The number of rotatable bonds is 8. The Morgan fingerprint density at radius 1 is 0.338 bits per heavy atom. The minimum Gasteiger partial charge on any atom is -0.309 e. The van der Waals surface area contributed by atoms with Gasteiger partial charge in [0.25, 0.3) is 0 Å². The van der Waals surface area contributed by atoms with E-state index in [-0.39, 0.29) is 0 Å². The molecular weight excluding hydrogens is 901 g/mol. The van der Waals surface area contributed by atoms with Crippen LogP contribution in [0, 0.1) is 39.0 Å². The zero-order valence-corrected chi connectivity index (χ0v) is 41.5. The van der Waals surface area contributed by atoms with Crippen molar-refractivity contribution in [2.75, 3.05) is 0 Å². The minimum absolute atomic E-state index is 0.492. The Balaban J connectivity index is 1.15. The van der Waals surface area contributed by atoms with Crippen molar-refractivity contribution >= 4 is 43.6 Å². The van der Waals surface area contributed by atoms with Crippen LogP contribution in [0.2, 0.25) is 0 Å². The average Bonchev–Trinajstić information content (AvgIpc) is 3.96. The van der Waals surface area contributed by atoms with Crippen LogP contribution in [0.25, 0.3) is 123 Å². The van der Waals surface area contributed by atoms with Gasteiger partial charge in [-0.3, -0.25) is 0 Å². The predicted octanol–water partition coefficient (Wildman–Crippen LogP) is 17.2. The van der Waals surface area contributed by atoms with E-state index >= 15 is 0 Å². The second-order valence-corrected chi connectivity index (χ2v) is 19.4. The maximum Gasteiger partial charge on any atom is 0.164 e. The van der Waals surface area contributed by atoms with Gasteiger partial charge in [0.1, 0.15) is 0 Å². The molecule has 0 bridgehead atoms. The first-order chi connectivity index (χ1) is 36.3. The number of fused-ring (bicyclic) bond motifs is 6. The number of para-hydroxylation sites is 2. The Morgan fingerprint density at radius 2 is 0.784 bits per heavy atom. The molecular formula is C68H48N6. The van der Waals surface area contributed by atoms with E-state index in [1.165, 1.54) is 33.4 Å². The molecule has 0 aliphatic rings. The molecule has 0 unspecified atom stereocenters. The molecule has 350 valence electrons. The molecule has 0 aliphatic carbocycles. The van der Waals surface area contributed by atoms with Crippen LogP contribution in [0.5, 0.6) is 0 Å². The summed E-state index contributed by atoms with van der Waals surface area (Å²) in [6.45, 7) is 8.65. The fraction of sp³-hybridized carbons (Fsp3) is 0.0588. The molecule has 0 spiro atoms. The van der Waals surface area contributed by atoms with Gasteiger partial charge in [-0.25, -0.2) is 15.0 Å². The van der Waals surface area contributed by atoms with Crippen LogP contribution in [0.1, 0.15) is 27.8 Å². The highest BCUT2D eigenvalue weighted by Crippen LogP contribution is 2.47. The van der Waals surface area contributed by atoms with Crippen LogP contribution in [-0.4, -0.2) is 24.1 Å². The summed E-state index contributed by atoms with van der Waals surface area (Å²) in [7, 11) is 0. The summed E-state index contributed by atoms with van der Waals surface area (Å²) >= 11 is 0. The summed E-state index contributed by atoms with van der Waals surface area (Å²) in [5.74, 6) is 1.60. The van der Waals surface area contributed by atoms with Crippen LogP contribution in [0.3, 0.4) is 0 Å². The molecule has 13 rings (SSSR count). The molecule has 6 nitrogen and oxygen atoms in total. The molecule has 74 heavy (non-hydrogen) atoms. The van der Waals surface area contributed by atoms with Gasteiger partial charge in [0, 0.05) is 49.4 Å². The maximum atomic E-state index is 11.5. The Kier molecular flexibility index (Phi) is 10.7. The molecule has 10 aromatic carbocycles. The Bertz CT molecular complexity index is 4360. The first kappa shape index (κ1) is 44.3. The van der Waals surface area contributed by atoms with E-state index in [2.05, 4.69) is 188 Å². The Morgan fingerprint density at radius 3 is 1.28 bits per heavy atom. The van der Waals surface area contributed by atoms with Gasteiger partial charge in [0.2, 0.25) is 0 Å². The quantitative estimate of drug-likeness (QED) is 0.152. The van der Waals surface area contributed by atoms with Crippen molar-refractivity contribution in [2.24, 2.45) is 0 Å². The largest absolute Gasteiger partial charge is 0.309 e. The molecule has 0 saturated carbocycles. The first-order valence-electron chi connectivity index (χ1n) is 25.1. The standard InChI is InChI=1S/C68H48N6/c1-42-29-33-51(44(3)37-42)48-31-35-60-56(39-48)53-22-11-13-25-58(53)73(60)62-27-15-21-50(41-69)64(62)65-55(68-71-66(46-17-7-5-8-18-46)70-67(72-68)47-19-9-6-10-20-47)24-16-28-63(65)74-59-26-14-12-23-54(59)57-40-49(32-36-61(57)74)52-34-30-43(2)38-45(52)4/h5-40H,1-4H3. The van der Waals surface area contributed by atoms with E-state index in [9.17, 15) is 5.26 Å². The summed E-state index contributed by atoms with van der Waals surface area (Å²) in [6, 6.07) is 79.5. The van der Waals surface area contributed by atoms with E-state index < -0.39 is 0 Å². The highest BCUT2D eigenvalue weighted by molar-refractivity contribution is 6.13. The summed E-state index contributed by atoms with van der Waals surface area (Å²) in [5.41, 5.74) is 20.2. The van der Waals surface area contributed by atoms with Gasteiger partial charge in [0.15, 0.2) is 17.5 Å². The smallest absolute Gasteiger partial charge is 0.164 e. The van der Waals surface area contributed by atoms with E-state index in [1.807, 2.05) is 72.8 Å². The molecule has 0 aliphatic heterocycles. The van der Waals surface area contributed by atoms with Gasteiger partial charge in [0.05, 0.1) is 45.1 Å². The van der Waals surface area contributed by atoms with Gasteiger partial charge in [-0.2, -0.15) is 5.26 Å². The third-order valence-electron chi connectivity index (χ3n) is 14.6. The van der Waals surface area contributed by atoms with Crippen LogP contribution in [0.15, 0.2) is 218 Å². The second kappa shape index (κ2) is 17.9. The lowest BCUT2D eigenvalue weighted by atomic mass is 9.91. The monoisotopic (exact) mass is 948 g/mol. The summed E-state index contributed by atoms with van der Waals surface area (Å²) in [6.07, 6.45) is 0. The van der Waals surface area contributed by atoms with Gasteiger partial charge in [-0.1, -0.05) is 175 Å². The molecule has 0 radical (unpaired) electrons. The van der Waals surface area contributed by atoms with Crippen LogP contribution in [0.4, 0.5) is 0 Å². The molecule has 0 fully saturated rings. The third-order valence-corrected chi connectivity index (χ3v) is 14.6. The second-order valence-electron chi connectivity index (χ2n) is 19.4. The summed E-state index contributed by atoms with van der Waals surface area (Å²) in [5, 5.41) is 16.0. The first-order valence-corrected chi connectivity index (χ1v) is 25.1. The lowest BCUT2D eigenvalue weighted by Crippen LogP contribution is -2.07. The van der Waals surface area contributed by atoms with Crippen LogP contribution < -0.4 is 0 Å². The summed E-state index contributed by atoms with van der Waals surface area (Å²) in [4.78, 5) is 15.9. The highest BCUT2D eigenvalue weighted by Gasteiger charge is 2.27. The van der Waals surface area contributed by atoms with E-state index in [1.54, 1.807) is 0 Å². The fourth-order valence-electron chi connectivity index (χ4n) is 11.3. The average molecular weight is 949 g/mol. The molecule has 13 aromatic rings. The van der Waals surface area contributed by atoms with Crippen molar-refractivity contribution in [1.82, 2.24) is 24.1 Å². The van der Waals surface area contributed by atoms with Crippen molar-refractivity contribution in [1.29, 1.82) is 5.26 Å². The number of aromatic nitrogens is 5.